The molecule has 29 heavy (non-hydrogen) atoms. The minimum Gasteiger partial charge on any atom is -0.343 e. The number of benzene rings is 2. The predicted octanol–water partition coefficient (Wildman–Crippen LogP) is 5.48. The van der Waals surface area contributed by atoms with Gasteiger partial charge in [0.25, 0.3) is 11.8 Å². The number of carbonyl (C=O) groups excluding carboxylic acids is 1. The molecule has 1 unspecified atom stereocenters. The molecular formula is C23H28F2N2OS. The third-order valence-electron chi connectivity index (χ3n) is 6.01. The van der Waals surface area contributed by atoms with Gasteiger partial charge in [0.2, 0.25) is 0 Å². The Labute approximate surface area is 175 Å². The molecule has 2 aromatic rings. The summed E-state index contributed by atoms with van der Waals surface area (Å²) in [6, 6.07) is 14.1. The highest BCUT2D eigenvalue weighted by Gasteiger charge is 2.47. The van der Waals surface area contributed by atoms with E-state index in [1.807, 2.05) is 44.4 Å². The maximum absolute atomic E-state index is 13.7. The molecule has 0 spiro atoms. The standard InChI is InChI=1S/C23H28F2N2OS/c1-22(24,25)17-11-12-18(19(15-17)29-4)21(28)26-20(16-9-6-5-7-10-16)23(27(2)3)13-8-14-23/h5-7,9-12,15,20H,8,13-14H2,1-4H3,(H,26,28). The van der Waals surface area contributed by atoms with Crippen LogP contribution in [0.25, 0.3) is 0 Å². The van der Waals surface area contributed by atoms with Gasteiger partial charge in [0.1, 0.15) is 0 Å². The molecule has 1 fully saturated rings. The molecule has 0 aliphatic heterocycles. The number of halogens is 2. The largest absolute Gasteiger partial charge is 0.343 e. The van der Waals surface area contributed by atoms with Gasteiger partial charge in [-0.1, -0.05) is 36.4 Å². The molecule has 1 aliphatic carbocycles. The molecule has 156 valence electrons. The first kappa shape index (κ1) is 21.8. The first-order valence-electron chi connectivity index (χ1n) is 9.78. The van der Waals surface area contributed by atoms with Crippen molar-refractivity contribution in [2.75, 3.05) is 20.4 Å². The van der Waals surface area contributed by atoms with Crippen molar-refractivity contribution in [2.24, 2.45) is 0 Å². The highest BCUT2D eigenvalue weighted by Crippen LogP contribution is 2.46. The number of alkyl halides is 2. The van der Waals surface area contributed by atoms with Crippen molar-refractivity contribution in [3.05, 3.63) is 65.2 Å². The van der Waals surface area contributed by atoms with Crippen LogP contribution in [0.5, 0.6) is 0 Å². The van der Waals surface area contributed by atoms with Gasteiger partial charge in [-0.05, 0) is 57.3 Å². The summed E-state index contributed by atoms with van der Waals surface area (Å²) < 4.78 is 27.4. The van der Waals surface area contributed by atoms with Gasteiger partial charge in [0.05, 0.1) is 11.6 Å². The molecule has 0 aromatic heterocycles. The second-order valence-electron chi connectivity index (χ2n) is 7.97. The fourth-order valence-corrected chi connectivity index (χ4v) is 4.69. The smallest absolute Gasteiger partial charge is 0.270 e. The van der Waals surface area contributed by atoms with Crippen LogP contribution in [-0.2, 0) is 5.92 Å². The molecule has 0 saturated heterocycles. The number of rotatable bonds is 7. The molecule has 3 nitrogen and oxygen atoms in total. The number of amides is 1. The lowest BCUT2D eigenvalue weighted by Gasteiger charge is -2.52. The molecule has 1 N–H and O–H groups in total. The third-order valence-corrected chi connectivity index (χ3v) is 6.79. The number of hydrogen-bond acceptors (Lipinski definition) is 3. The summed E-state index contributed by atoms with van der Waals surface area (Å²) in [5.74, 6) is -3.17. The van der Waals surface area contributed by atoms with E-state index in [-0.39, 0.29) is 23.1 Å². The maximum atomic E-state index is 13.7. The van der Waals surface area contributed by atoms with Crippen LogP contribution < -0.4 is 5.32 Å². The number of nitrogens with one attached hydrogen (secondary N) is 1. The molecular weight excluding hydrogens is 390 g/mol. The highest BCUT2D eigenvalue weighted by atomic mass is 32.2. The van der Waals surface area contributed by atoms with E-state index < -0.39 is 5.92 Å². The second-order valence-corrected chi connectivity index (χ2v) is 8.82. The summed E-state index contributed by atoms with van der Waals surface area (Å²) in [6.45, 7) is 0.870. The first-order valence-corrected chi connectivity index (χ1v) is 11.0. The van der Waals surface area contributed by atoms with Crippen LogP contribution in [0.4, 0.5) is 8.78 Å². The van der Waals surface area contributed by atoms with Crippen LogP contribution in [0, 0.1) is 0 Å². The fraction of sp³-hybridized carbons (Fsp3) is 0.435. The van der Waals surface area contributed by atoms with Crippen LogP contribution in [0.3, 0.4) is 0 Å². The molecule has 3 rings (SSSR count). The predicted molar refractivity (Wildman–Crippen MR) is 115 cm³/mol. The van der Waals surface area contributed by atoms with Crippen LogP contribution in [0.2, 0.25) is 0 Å². The van der Waals surface area contributed by atoms with Crippen molar-refractivity contribution in [2.45, 2.75) is 48.6 Å². The van der Waals surface area contributed by atoms with Crippen molar-refractivity contribution in [3.63, 3.8) is 0 Å². The van der Waals surface area contributed by atoms with E-state index in [1.165, 1.54) is 30.0 Å². The summed E-state index contributed by atoms with van der Waals surface area (Å²) in [6.07, 6.45) is 4.91. The van der Waals surface area contributed by atoms with Crippen molar-refractivity contribution in [1.82, 2.24) is 10.2 Å². The van der Waals surface area contributed by atoms with Crippen molar-refractivity contribution in [3.8, 4) is 0 Å². The molecule has 1 atom stereocenters. The van der Waals surface area contributed by atoms with E-state index in [0.717, 1.165) is 31.7 Å². The Morgan fingerprint density at radius 3 is 2.31 bits per heavy atom. The van der Waals surface area contributed by atoms with E-state index in [9.17, 15) is 13.6 Å². The van der Waals surface area contributed by atoms with Gasteiger partial charge >= 0.3 is 0 Å². The molecule has 1 amide bonds. The van der Waals surface area contributed by atoms with E-state index in [4.69, 9.17) is 0 Å². The molecule has 2 aromatic carbocycles. The highest BCUT2D eigenvalue weighted by molar-refractivity contribution is 7.98. The van der Waals surface area contributed by atoms with Gasteiger partial charge in [-0.15, -0.1) is 11.8 Å². The molecule has 6 heteroatoms. The summed E-state index contributed by atoms with van der Waals surface area (Å²) in [7, 11) is 4.10. The molecule has 0 heterocycles. The number of thioether (sulfide) groups is 1. The number of carbonyl (C=O) groups is 1. The van der Waals surface area contributed by atoms with E-state index >= 15 is 0 Å². The summed E-state index contributed by atoms with van der Waals surface area (Å²) in [5.41, 5.74) is 1.26. The Balaban J connectivity index is 1.95. The minimum atomic E-state index is -2.94. The van der Waals surface area contributed by atoms with Crippen molar-refractivity contribution >= 4 is 17.7 Å². The normalized spacial score (nSPS) is 16.9. The topological polar surface area (TPSA) is 32.3 Å². The number of nitrogens with zero attached hydrogens (tertiary/aromatic N) is 1. The minimum absolute atomic E-state index is 0.0817. The van der Waals surface area contributed by atoms with E-state index in [1.54, 1.807) is 6.26 Å². The fourth-order valence-electron chi connectivity index (χ4n) is 4.07. The zero-order valence-electron chi connectivity index (χ0n) is 17.3. The zero-order chi connectivity index (χ0) is 21.2. The van der Waals surface area contributed by atoms with Crippen LogP contribution in [0.1, 0.15) is 53.7 Å². The maximum Gasteiger partial charge on any atom is 0.270 e. The van der Waals surface area contributed by atoms with Crippen molar-refractivity contribution in [1.29, 1.82) is 0 Å². The summed E-state index contributed by atoms with van der Waals surface area (Å²) >= 11 is 1.31. The lowest BCUT2D eigenvalue weighted by Crippen LogP contribution is -2.59. The number of likely N-dealkylation sites (N-methyl/N-ethyl adjacent to an activating group) is 1. The Morgan fingerprint density at radius 2 is 1.83 bits per heavy atom. The van der Waals surface area contributed by atoms with E-state index in [0.29, 0.717) is 10.5 Å². The van der Waals surface area contributed by atoms with Crippen LogP contribution in [0.15, 0.2) is 53.4 Å². The Morgan fingerprint density at radius 1 is 1.17 bits per heavy atom. The monoisotopic (exact) mass is 418 g/mol. The Bertz CT molecular complexity index is 861. The average Bonchev–Trinajstić information content (AvgIpc) is 2.65. The van der Waals surface area contributed by atoms with Crippen LogP contribution in [-0.4, -0.2) is 36.7 Å². The Kier molecular flexibility index (Phi) is 6.34. The van der Waals surface area contributed by atoms with Gasteiger partial charge in [-0.2, -0.15) is 0 Å². The van der Waals surface area contributed by atoms with Gasteiger partial charge < -0.3 is 10.2 Å². The Hall–Kier alpha value is -1.92. The second kappa shape index (κ2) is 8.44. The average molecular weight is 419 g/mol. The quantitative estimate of drug-likeness (QED) is 0.605. The van der Waals surface area contributed by atoms with Gasteiger partial charge in [0, 0.05) is 22.9 Å². The van der Waals surface area contributed by atoms with Gasteiger partial charge in [-0.3, -0.25) is 4.79 Å². The molecule has 0 radical (unpaired) electrons. The molecule has 1 aliphatic rings. The number of hydrogen-bond donors (Lipinski definition) is 1. The summed E-state index contributed by atoms with van der Waals surface area (Å²) in [4.78, 5) is 16.0. The summed E-state index contributed by atoms with van der Waals surface area (Å²) in [5, 5.41) is 3.23. The lowest BCUT2D eigenvalue weighted by atomic mass is 9.68. The van der Waals surface area contributed by atoms with Crippen molar-refractivity contribution < 1.29 is 13.6 Å². The first-order chi connectivity index (χ1) is 13.7. The van der Waals surface area contributed by atoms with Gasteiger partial charge in [-0.25, -0.2) is 8.78 Å². The molecule has 1 saturated carbocycles. The van der Waals surface area contributed by atoms with Gasteiger partial charge in [0.15, 0.2) is 0 Å². The zero-order valence-corrected chi connectivity index (χ0v) is 18.2. The lowest BCUT2D eigenvalue weighted by molar-refractivity contribution is 0.0169. The van der Waals surface area contributed by atoms with Crippen LogP contribution >= 0.6 is 11.8 Å². The van der Waals surface area contributed by atoms with E-state index in [2.05, 4.69) is 10.2 Å². The SMILES string of the molecule is CSc1cc(C(C)(F)F)ccc1C(=O)NC(c1ccccc1)C1(N(C)C)CCC1. The third kappa shape index (κ3) is 4.33. The molecule has 0 bridgehead atoms.